The molecule has 0 aromatic heterocycles. The summed E-state index contributed by atoms with van der Waals surface area (Å²) in [4.78, 5) is 14.4. The van der Waals surface area contributed by atoms with Crippen LogP contribution in [-0.4, -0.2) is 50.6 Å². The molecule has 4 heteroatoms. The maximum atomic E-state index is 12.3. The van der Waals surface area contributed by atoms with Gasteiger partial charge in [-0.15, -0.1) is 0 Å². The van der Waals surface area contributed by atoms with Crippen LogP contribution in [0, 0.1) is 6.92 Å². The molecule has 19 heavy (non-hydrogen) atoms. The number of carbonyl (C=O) groups is 1. The van der Waals surface area contributed by atoms with Crippen LogP contribution >= 0.6 is 0 Å². The van der Waals surface area contributed by atoms with Crippen LogP contribution in [0.2, 0.25) is 0 Å². The minimum Gasteiger partial charge on any atom is -0.496 e. The van der Waals surface area contributed by atoms with Crippen molar-refractivity contribution in [3.05, 3.63) is 29.3 Å². The Hall–Kier alpha value is -1.39. The molecule has 0 saturated carbocycles. The van der Waals surface area contributed by atoms with E-state index < -0.39 is 0 Å². The van der Waals surface area contributed by atoms with Crippen LogP contribution in [0.1, 0.15) is 22.3 Å². The van der Waals surface area contributed by atoms with Crippen molar-refractivity contribution in [1.82, 2.24) is 4.90 Å². The molecule has 1 saturated heterocycles. The highest BCUT2D eigenvalue weighted by atomic mass is 16.5. The second kappa shape index (κ2) is 6.17. The quantitative estimate of drug-likeness (QED) is 0.761. The second-order valence-corrected chi connectivity index (χ2v) is 5.06. The zero-order valence-electron chi connectivity index (χ0n) is 11.8. The monoisotopic (exact) mass is 263 g/mol. The highest BCUT2D eigenvalue weighted by Crippen LogP contribution is 2.21. The van der Waals surface area contributed by atoms with Crippen LogP contribution in [0.3, 0.4) is 0 Å². The molecule has 0 N–H and O–H groups in total. The van der Waals surface area contributed by atoms with Crippen LogP contribution in [-0.2, 0) is 4.74 Å². The van der Waals surface area contributed by atoms with Crippen LogP contribution in [0.5, 0.6) is 5.75 Å². The summed E-state index contributed by atoms with van der Waals surface area (Å²) in [6.45, 7) is 3.89. The van der Waals surface area contributed by atoms with Gasteiger partial charge >= 0.3 is 0 Å². The van der Waals surface area contributed by atoms with Gasteiger partial charge in [0.05, 0.1) is 25.8 Å². The molecule has 0 aliphatic carbocycles. The van der Waals surface area contributed by atoms with Crippen molar-refractivity contribution in [2.45, 2.75) is 19.4 Å². The van der Waals surface area contributed by atoms with Gasteiger partial charge < -0.3 is 9.47 Å². The van der Waals surface area contributed by atoms with Gasteiger partial charge in [0.2, 0.25) is 0 Å². The first-order valence-corrected chi connectivity index (χ1v) is 6.57. The fraction of sp³-hybridized carbons (Fsp3) is 0.533. The molecule has 104 valence electrons. The van der Waals surface area contributed by atoms with Crippen molar-refractivity contribution in [2.24, 2.45) is 0 Å². The van der Waals surface area contributed by atoms with Crippen LogP contribution in [0.4, 0.5) is 0 Å². The van der Waals surface area contributed by atoms with E-state index in [1.54, 1.807) is 7.11 Å². The van der Waals surface area contributed by atoms with E-state index in [1.165, 1.54) is 0 Å². The van der Waals surface area contributed by atoms with Crippen molar-refractivity contribution in [1.29, 1.82) is 0 Å². The maximum absolute atomic E-state index is 12.3. The van der Waals surface area contributed by atoms with E-state index in [9.17, 15) is 4.79 Å². The summed E-state index contributed by atoms with van der Waals surface area (Å²) in [6, 6.07) is 6.02. The lowest BCUT2D eigenvalue weighted by molar-refractivity contribution is 0.0904. The maximum Gasteiger partial charge on any atom is 0.180 e. The molecule has 2 rings (SSSR count). The lowest BCUT2D eigenvalue weighted by Gasteiger charge is -2.22. The van der Waals surface area contributed by atoms with Crippen molar-refractivity contribution in [2.75, 3.05) is 33.9 Å². The highest BCUT2D eigenvalue weighted by Gasteiger charge is 2.23. The Kier molecular flexibility index (Phi) is 4.56. The molecule has 0 radical (unpaired) electrons. The normalized spacial score (nSPS) is 18.8. The Morgan fingerprint density at radius 3 is 2.95 bits per heavy atom. The summed E-state index contributed by atoms with van der Waals surface area (Å²) in [5, 5.41) is 0. The molecule has 0 amide bonds. The number of ether oxygens (including phenoxy) is 2. The molecular formula is C15H21NO3. The Morgan fingerprint density at radius 1 is 1.53 bits per heavy atom. The van der Waals surface area contributed by atoms with Gasteiger partial charge in [0.25, 0.3) is 0 Å². The summed E-state index contributed by atoms with van der Waals surface area (Å²) < 4.78 is 10.6. The first-order chi connectivity index (χ1) is 9.11. The SMILES string of the molecule is COc1cc(C)ccc1C(=O)CN(C)C1CCOC1. The van der Waals surface area contributed by atoms with Crippen LogP contribution < -0.4 is 4.74 Å². The number of hydrogen-bond donors (Lipinski definition) is 0. The summed E-state index contributed by atoms with van der Waals surface area (Å²) >= 11 is 0. The minimum absolute atomic E-state index is 0.0891. The molecule has 1 aliphatic rings. The molecule has 4 nitrogen and oxygen atoms in total. The van der Waals surface area contributed by atoms with Gasteiger partial charge in [-0.1, -0.05) is 6.07 Å². The number of likely N-dealkylation sites (N-methyl/N-ethyl adjacent to an activating group) is 1. The summed E-state index contributed by atoms with van der Waals surface area (Å²) in [5.74, 6) is 0.743. The Morgan fingerprint density at radius 2 is 2.32 bits per heavy atom. The molecule has 1 atom stereocenters. The first kappa shape index (κ1) is 14.0. The number of methoxy groups -OCH3 is 1. The number of Topliss-reactive ketones (excluding diaryl/α,β-unsaturated/α-hetero) is 1. The van der Waals surface area contributed by atoms with E-state index in [0.717, 1.165) is 25.2 Å². The predicted octanol–water partition coefficient (Wildman–Crippen LogP) is 1.91. The van der Waals surface area contributed by atoms with Gasteiger partial charge in [-0.3, -0.25) is 9.69 Å². The number of ketones is 1. The average Bonchev–Trinajstić information content (AvgIpc) is 2.92. The van der Waals surface area contributed by atoms with Crippen molar-refractivity contribution in [3.8, 4) is 5.75 Å². The molecule has 1 heterocycles. The zero-order chi connectivity index (χ0) is 13.8. The average molecular weight is 263 g/mol. The van der Waals surface area contributed by atoms with Crippen LogP contribution in [0.25, 0.3) is 0 Å². The summed E-state index contributed by atoms with van der Waals surface area (Å²) in [5.41, 5.74) is 1.74. The second-order valence-electron chi connectivity index (χ2n) is 5.06. The van der Waals surface area contributed by atoms with Crippen molar-refractivity contribution in [3.63, 3.8) is 0 Å². The van der Waals surface area contributed by atoms with Crippen LogP contribution in [0.15, 0.2) is 18.2 Å². The molecule has 1 fully saturated rings. The number of aryl methyl sites for hydroxylation is 1. The predicted molar refractivity (Wildman–Crippen MR) is 73.9 cm³/mol. The lowest BCUT2D eigenvalue weighted by atomic mass is 10.1. The molecule has 0 bridgehead atoms. The molecular weight excluding hydrogens is 242 g/mol. The van der Waals surface area contributed by atoms with Gasteiger partial charge in [-0.25, -0.2) is 0 Å². The van der Waals surface area contributed by atoms with E-state index in [4.69, 9.17) is 9.47 Å². The van der Waals surface area contributed by atoms with Gasteiger partial charge in [-0.2, -0.15) is 0 Å². The molecule has 0 spiro atoms. The Balaban J connectivity index is 2.06. The lowest BCUT2D eigenvalue weighted by Crippen LogP contribution is -2.36. The fourth-order valence-electron chi connectivity index (χ4n) is 2.34. The van der Waals surface area contributed by atoms with Crippen molar-refractivity contribution >= 4 is 5.78 Å². The number of rotatable bonds is 5. The van der Waals surface area contributed by atoms with Gasteiger partial charge in [0.1, 0.15) is 5.75 Å². The van der Waals surface area contributed by atoms with E-state index in [2.05, 4.69) is 4.90 Å². The number of carbonyl (C=O) groups excluding carboxylic acids is 1. The third-order valence-corrected chi connectivity index (χ3v) is 3.58. The summed E-state index contributed by atoms with van der Waals surface area (Å²) in [6.07, 6.45) is 0.995. The molecule has 1 unspecified atom stereocenters. The third-order valence-electron chi connectivity index (χ3n) is 3.58. The summed E-state index contributed by atoms with van der Waals surface area (Å²) in [7, 11) is 3.57. The van der Waals surface area contributed by atoms with E-state index in [1.807, 2.05) is 32.2 Å². The third kappa shape index (κ3) is 3.33. The van der Waals surface area contributed by atoms with E-state index in [-0.39, 0.29) is 5.78 Å². The number of hydrogen-bond acceptors (Lipinski definition) is 4. The molecule has 1 aromatic carbocycles. The molecule has 1 aliphatic heterocycles. The van der Waals surface area contributed by atoms with E-state index >= 15 is 0 Å². The topological polar surface area (TPSA) is 38.8 Å². The largest absolute Gasteiger partial charge is 0.496 e. The highest BCUT2D eigenvalue weighted by molar-refractivity contribution is 6.00. The minimum atomic E-state index is 0.0891. The Bertz CT molecular complexity index is 453. The Labute approximate surface area is 114 Å². The number of nitrogens with zero attached hydrogens (tertiary/aromatic N) is 1. The zero-order valence-corrected chi connectivity index (χ0v) is 11.8. The fourth-order valence-corrected chi connectivity index (χ4v) is 2.34. The van der Waals surface area contributed by atoms with Gasteiger partial charge in [-0.05, 0) is 38.1 Å². The standard InChI is InChI=1S/C15H21NO3/c1-11-4-5-13(15(8-11)18-3)14(17)9-16(2)12-6-7-19-10-12/h4-5,8,12H,6-7,9-10H2,1-3H3. The first-order valence-electron chi connectivity index (χ1n) is 6.57. The van der Waals surface area contributed by atoms with Gasteiger partial charge in [0.15, 0.2) is 5.78 Å². The molecule has 1 aromatic rings. The van der Waals surface area contributed by atoms with Crippen molar-refractivity contribution < 1.29 is 14.3 Å². The number of benzene rings is 1. The van der Waals surface area contributed by atoms with E-state index in [0.29, 0.717) is 23.9 Å². The smallest absolute Gasteiger partial charge is 0.180 e. The van der Waals surface area contributed by atoms with Gasteiger partial charge in [0, 0.05) is 12.6 Å².